The summed E-state index contributed by atoms with van der Waals surface area (Å²) in [6, 6.07) is 7.34. The Labute approximate surface area is 124 Å². The molecule has 3 nitrogen and oxygen atoms in total. The largest absolute Gasteiger partial charge is 0.310 e. The molecule has 3 rings (SSSR count). The van der Waals surface area contributed by atoms with E-state index in [0.29, 0.717) is 0 Å². The summed E-state index contributed by atoms with van der Waals surface area (Å²) in [7, 11) is 0. The topological polar surface area (TPSA) is 37.8 Å². The lowest BCUT2D eigenvalue weighted by Crippen LogP contribution is -2.15. The van der Waals surface area contributed by atoms with E-state index < -0.39 is 0 Å². The van der Waals surface area contributed by atoms with Crippen LogP contribution in [0.2, 0.25) is 0 Å². The van der Waals surface area contributed by atoms with Crippen LogP contribution >= 0.6 is 11.8 Å². The van der Waals surface area contributed by atoms with Crippen LogP contribution in [0.25, 0.3) is 0 Å². The SMILES string of the molecule is Cc1cnc(Sc2ccc(CNC3CC3)c(C)c2)nc1. The smallest absolute Gasteiger partial charge is 0.192 e. The second kappa shape index (κ2) is 5.94. The lowest BCUT2D eigenvalue weighted by molar-refractivity contribution is 0.685. The highest BCUT2D eigenvalue weighted by molar-refractivity contribution is 7.99. The van der Waals surface area contributed by atoms with Crippen molar-refractivity contribution in [1.29, 1.82) is 0 Å². The van der Waals surface area contributed by atoms with Crippen LogP contribution in [-0.4, -0.2) is 16.0 Å². The van der Waals surface area contributed by atoms with Crippen molar-refractivity contribution in [2.75, 3.05) is 0 Å². The van der Waals surface area contributed by atoms with Gasteiger partial charge >= 0.3 is 0 Å². The molecule has 20 heavy (non-hydrogen) atoms. The summed E-state index contributed by atoms with van der Waals surface area (Å²) in [6.45, 7) is 5.15. The van der Waals surface area contributed by atoms with Gasteiger partial charge < -0.3 is 5.32 Å². The Morgan fingerprint density at radius 3 is 2.60 bits per heavy atom. The fourth-order valence-corrected chi connectivity index (χ4v) is 2.80. The molecule has 1 N–H and O–H groups in total. The van der Waals surface area contributed by atoms with Gasteiger partial charge in [-0.2, -0.15) is 0 Å². The maximum absolute atomic E-state index is 4.33. The standard InChI is InChI=1S/C16H19N3S/c1-11-8-18-16(19-9-11)20-15-6-3-13(12(2)7-15)10-17-14-4-5-14/h3,6-9,14,17H,4-5,10H2,1-2H3. The lowest BCUT2D eigenvalue weighted by Gasteiger charge is -2.09. The number of hydrogen-bond acceptors (Lipinski definition) is 4. The third kappa shape index (κ3) is 3.58. The van der Waals surface area contributed by atoms with Crippen molar-refractivity contribution in [3.63, 3.8) is 0 Å². The average molecular weight is 285 g/mol. The van der Waals surface area contributed by atoms with Gasteiger partial charge in [-0.25, -0.2) is 9.97 Å². The molecule has 104 valence electrons. The van der Waals surface area contributed by atoms with Gasteiger partial charge in [0, 0.05) is 29.9 Å². The summed E-state index contributed by atoms with van der Waals surface area (Å²) >= 11 is 1.61. The predicted molar refractivity (Wildman–Crippen MR) is 81.9 cm³/mol. The second-order valence-electron chi connectivity index (χ2n) is 5.39. The number of aromatic nitrogens is 2. The molecule has 0 saturated heterocycles. The van der Waals surface area contributed by atoms with Crippen molar-refractivity contribution in [3.8, 4) is 0 Å². The first-order valence-corrected chi connectivity index (χ1v) is 7.82. The Bertz CT molecular complexity index is 591. The summed E-state index contributed by atoms with van der Waals surface area (Å²) in [5.41, 5.74) is 3.80. The highest BCUT2D eigenvalue weighted by Gasteiger charge is 2.20. The van der Waals surface area contributed by atoms with Gasteiger partial charge in [-0.05, 0) is 67.3 Å². The zero-order chi connectivity index (χ0) is 13.9. The van der Waals surface area contributed by atoms with Gasteiger partial charge in [-0.3, -0.25) is 0 Å². The molecular formula is C16H19N3S. The zero-order valence-electron chi connectivity index (χ0n) is 11.9. The van der Waals surface area contributed by atoms with Crippen LogP contribution in [0, 0.1) is 13.8 Å². The molecule has 1 aromatic heterocycles. The van der Waals surface area contributed by atoms with Crippen molar-refractivity contribution < 1.29 is 0 Å². The molecule has 1 saturated carbocycles. The molecule has 0 atom stereocenters. The molecular weight excluding hydrogens is 266 g/mol. The highest BCUT2D eigenvalue weighted by Crippen LogP contribution is 2.27. The van der Waals surface area contributed by atoms with Crippen LogP contribution < -0.4 is 5.32 Å². The molecule has 1 fully saturated rings. The van der Waals surface area contributed by atoms with Crippen molar-refractivity contribution in [2.45, 2.75) is 49.3 Å². The maximum Gasteiger partial charge on any atom is 0.192 e. The Morgan fingerprint density at radius 2 is 1.95 bits per heavy atom. The van der Waals surface area contributed by atoms with E-state index in [-0.39, 0.29) is 0 Å². The van der Waals surface area contributed by atoms with E-state index in [1.807, 2.05) is 19.3 Å². The van der Waals surface area contributed by atoms with E-state index in [2.05, 4.69) is 40.4 Å². The summed E-state index contributed by atoms with van der Waals surface area (Å²) in [4.78, 5) is 9.86. The van der Waals surface area contributed by atoms with E-state index in [1.165, 1.54) is 28.9 Å². The maximum atomic E-state index is 4.33. The highest BCUT2D eigenvalue weighted by atomic mass is 32.2. The Morgan fingerprint density at radius 1 is 1.20 bits per heavy atom. The number of rotatable bonds is 5. The molecule has 2 aromatic rings. The molecule has 0 aliphatic heterocycles. The van der Waals surface area contributed by atoms with E-state index in [9.17, 15) is 0 Å². The van der Waals surface area contributed by atoms with Crippen LogP contribution in [0.15, 0.2) is 40.6 Å². The third-order valence-corrected chi connectivity index (χ3v) is 4.32. The van der Waals surface area contributed by atoms with Gasteiger partial charge in [0.25, 0.3) is 0 Å². The molecule has 1 aromatic carbocycles. The number of benzene rings is 1. The van der Waals surface area contributed by atoms with Gasteiger partial charge in [-0.15, -0.1) is 0 Å². The first-order chi connectivity index (χ1) is 9.70. The fraction of sp³-hybridized carbons (Fsp3) is 0.375. The minimum atomic E-state index is 0.754. The summed E-state index contributed by atoms with van der Waals surface area (Å²) in [5, 5.41) is 4.36. The van der Waals surface area contributed by atoms with Crippen molar-refractivity contribution in [3.05, 3.63) is 47.3 Å². The van der Waals surface area contributed by atoms with Gasteiger partial charge in [-0.1, -0.05) is 6.07 Å². The van der Waals surface area contributed by atoms with E-state index in [1.54, 1.807) is 11.8 Å². The molecule has 0 spiro atoms. The van der Waals surface area contributed by atoms with Gasteiger partial charge in [0.1, 0.15) is 0 Å². The molecule has 0 amide bonds. The van der Waals surface area contributed by atoms with Crippen LogP contribution in [0.1, 0.15) is 29.5 Å². The van der Waals surface area contributed by atoms with Gasteiger partial charge in [0.15, 0.2) is 5.16 Å². The van der Waals surface area contributed by atoms with E-state index in [0.717, 1.165) is 23.3 Å². The van der Waals surface area contributed by atoms with Crippen molar-refractivity contribution >= 4 is 11.8 Å². The molecule has 1 heterocycles. The average Bonchev–Trinajstić information content (AvgIpc) is 3.25. The molecule has 0 bridgehead atoms. The summed E-state index contributed by atoms with van der Waals surface area (Å²) < 4.78 is 0. The first kappa shape index (κ1) is 13.6. The normalized spacial score (nSPS) is 14.5. The number of aryl methyl sites for hydroxylation is 2. The van der Waals surface area contributed by atoms with Crippen molar-refractivity contribution in [1.82, 2.24) is 15.3 Å². The van der Waals surface area contributed by atoms with Crippen LogP contribution in [0.3, 0.4) is 0 Å². The predicted octanol–water partition coefficient (Wildman–Crippen LogP) is 3.50. The second-order valence-corrected chi connectivity index (χ2v) is 6.43. The molecule has 0 unspecified atom stereocenters. The molecule has 4 heteroatoms. The summed E-state index contributed by atoms with van der Waals surface area (Å²) in [6.07, 6.45) is 6.38. The fourth-order valence-electron chi connectivity index (χ4n) is 2.01. The van der Waals surface area contributed by atoms with E-state index >= 15 is 0 Å². The molecule has 1 aliphatic rings. The number of nitrogens with zero attached hydrogens (tertiary/aromatic N) is 2. The molecule has 1 aliphatic carbocycles. The zero-order valence-corrected chi connectivity index (χ0v) is 12.7. The lowest BCUT2D eigenvalue weighted by atomic mass is 10.1. The summed E-state index contributed by atoms with van der Waals surface area (Å²) in [5.74, 6) is 0. The number of nitrogens with one attached hydrogen (secondary N) is 1. The van der Waals surface area contributed by atoms with Gasteiger partial charge in [0.2, 0.25) is 0 Å². The number of hydrogen-bond donors (Lipinski definition) is 1. The Kier molecular flexibility index (Phi) is 4.03. The first-order valence-electron chi connectivity index (χ1n) is 7.00. The Balaban J connectivity index is 1.67. The molecule has 0 radical (unpaired) electrons. The van der Waals surface area contributed by atoms with Crippen molar-refractivity contribution in [2.24, 2.45) is 0 Å². The van der Waals surface area contributed by atoms with E-state index in [4.69, 9.17) is 0 Å². The minimum absolute atomic E-state index is 0.754. The third-order valence-electron chi connectivity index (χ3n) is 3.44. The Hall–Kier alpha value is -1.39. The quantitative estimate of drug-likeness (QED) is 0.853. The van der Waals surface area contributed by atoms with Crippen LogP contribution in [0.5, 0.6) is 0 Å². The van der Waals surface area contributed by atoms with Crippen LogP contribution in [-0.2, 0) is 6.54 Å². The monoisotopic (exact) mass is 285 g/mol. The minimum Gasteiger partial charge on any atom is -0.310 e. The van der Waals surface area contributed by atoms with Gasteiger partial charge in [0.05, 0.1) is 0 Å². The van der Waals surface area contributed by atoms with Crippen LogP contribution in [0.4, 0.5) is 0 Å².